The Bertz CT molecular complexity index is 1330. The van der Waals surface area contributed by atoms with E-state index in [1.165, 1.54) is 41.7 Å². The maximum absolute atomic E-state index is 13.3. The Morgan fingerprint density at radius 3 is 2.41 bits per heavy atom. The third-order valence-corrected chi connectivity index (χ3v) is 7.00. The number of para-hydroxylation sites is 1. The molecule has 3 aromatic rings. The molecule has 34 heavy (non-hydrogen) atoms. The topological polar surface area (TPSA) is 84.9 Å². The number of carbonyl (C=O) groups is 1. The summed E-state index contributed by atoms with van der Waals surface area (Å²) in [6, 6.07) is 15.7. The van der Waals surface area contributed by atoms with Crippen LogP contribution in [0, 0.1) is 0 Å². The SMILES string of the molecule is COc1ccc(S(=O)(=O)N2CCc3ccccc32)cc1C(=O)Nc1ccc(OC(F)(F)F)cc1. The molecule has 0 fully saturated rings. The van der Waals surface area contributed by atoms with Crippen LogP contribution in [-0.4, -0.2) is 34.3 Å². The van der Waals surface area contributed by atoms with Crippen molar-refractivity contribution in [2.45, 2.75) is 17.7 Å². The highest BCUT2D eigenvalue weighted by atomic mass is 32.2. The third kappa shape index (κ3) is 4.79. The van der Waals surface area contributed by atoms with Crippen LogP contribution in [0.3, 0.4) is 0 Å². The number of ether oxygens (including phenoxy) is 2. The number of alkyl halides is 3. The number of nitrogens with one attached hydrogen (secondary N) is 1. The van der Waals surface area contributed by atoms with Gasteiger partial charge in [0.25, 0.3) is 15.9 Å². The minimum Gasteiger partial charge on any atom is -0.496 e. The van der Waals surface area contributed by atoms with Gasteiger partial charge in [0.1, 0.15) is 11.5 Å². The number of benzene rings is 3. The first kappa shape index (κ1) is 23.4. The molecule has 1 aliphatic heterocycles. The van der Waals surface area contributed by atoms with E-state index in [4.69, 9.17) is 4.74 Å². The van der Waals surface area contributed by atoms with Gasteiger partial charge in [-0.2, -0.15) is 0 Å². The highest BCUT2D eigenvalue weighted by Gasteiger charge is 2.32. The van der Waals surface area contributed by atoms with Crippen molar-refractivity contribution in [1.29, 1.82) is 0 Å². The second-order valence-electron chi connectivity index (χ2n) is 7.34. The van der Waals surface area contributed by atoms with Crippen molar-refractivity contribution in [3.63, 3.8) is 0 Å². The maximum atomic E-state index is 13.3. The van der Waals surface area contributed by atoms with Crippen molar-refractivity contribution in [1.82, 2.24) is 0 Å². The molecule has 1 N–H and O–H groups in total. The molecule has 4 rings (SSSR count). The number of fused-ring (bicyclic) bond motifs is 1. The molecule has 178 valence electrons. The summed E-state index contributed by atoms with van der Waals surface area (Å²) in [7, 11) is -2.62. The highest BCUT2D eigenvalue weighted by Crippen LogP contribution is 2.34. The first-order valence-corrected chi connectivity index (χ1v) is 11.5. The molecule has 0 unspecified atom stereocenters. The summed E-state index contributed by atoms with van der Waals surface area (Å²) >= 11 is 0. The summed E-state index contributed by atoms with van der Waals surface area (Å²) < 4.78 is 74.0. The molecule has 1 aliphatic rings. The molecule has 0 spiro atoms. The van der Waals surface area contributed by atoms with Crippen LogP contribution in [0.2, 0.25) is 0 Å². The minimum atomic E-state index is -4.83. The minimum absolute atomic E-state index is 0.0494. The molecule has 7 nitrogen and oxygen atoms in total. The average molecular weight is 492 g/mol. The van der Waals surface area contributed by atoms with Crippen molar-refractivity contribution >= 4 is 27.3 Å². The van der Waals surface area contributed by atoms with E-state index >= 15 is 0 Å². The largest absolute Gasteiger partial charge is 0.573 e. The fraction of sp³-hybridized carbons (Fsp3) is 0.174. The summed E-state index contributed by atoms with van der Waals surface area (Å²) in [4.78, 5) is 12.8. The first-order chi connectivity index (χ1) is 16.1. The monoisotopic (exact) mass is 492 g/mol. The van der Waals surface area contributed by atoms with E-state index in [2.05, 4.69) is 10.1 Å². The van der Waals surface area contributed by atoms with Gasteiger partial charge in [-0.3, -0.25) is 9.10 Å². The van der Waals surface area contributed by atoms with E-state index in [9.17, 15) is 26.4 Å². The van der Waals surface area contributed by atoms with Gasteiger partial charge in [-0.25, -0.2) is 8.42 Å². The Hall–Kier alpha value is -3.73. The van der Waals surface area contributed by atoms with E-state index in [0.29, 0.717) is 12.1 Å². The molecule has 1 amide bonds. The Labute approximate surface area is 193 Å². The molecule has 0 radical (unpaired) electrons. The van der Waals surface area contributed by atoms with Crippen LogP contribution in [0.1, 0.15) is 15.9 Å². The first-order valence-electron chi connectivity index (χ1n) is 10.0. The Kier molecular flexibility index (Phi) is 6.13. The van der Waals surface area contributed by atoms with E-state index in [0.717, 1.165) is 17.7 Å². The predicted molar refractivity (Wildman–Crippen MR) is 119 cm³/mol. The zero-order valence-electron chi connectivity index (χ0n) is 17.8. The third-order valence-electron chi connectivity index (χ3n) is 5.19. The molecule has 0 aliphatic carbocycles. The van der Waals surface area contributed by atoms with Crippen LogP contribution in [0.25, 0.3) is 0 Å². The quantitative estimate of drug-likeness (QED) is 0.544. The Morgan fingerprint density at radius 2 is 1.74 bits per heavy atom. The van der Waals surface area contributed by atoms with Gasteiger partial charge in [0.15, 0.2) is 0 Å². The van der Waals surface area contributed by atoms with Crippen molar-refractivity contribution in [3.05, 3.63) is 77.9 Å². The number of anilines is 2. The van der Waals surface area contributed by atoms with Crippen LogP contribution >= 0.6 is 0 Å². The number of sulfonamides is 1. The molecular weight excluding hydrogens is 473 g/mol. The van der Waals surface area contributed by atoms with Gasteiger partial charge in [0.2, 0.25) is 0 Å². The number of hydrogen-bond acceptors (Lipinski definition) is 5. The van der Waals surface area contributed by atoms with Gasteiger partial charge in [0.05, 0.1) is 23.3 Å². The summed E-state index contributed by atoms with van der Waals surface area (Å²) in [5, 5.41) is 2.52. The van der Waals surface area contributed by atoms with Gasteiger partial charge in [-0.05, 0) is 60.5 Å². The standard InChI is InChI=1S/C23H19F3N2O5S/c1-32-21-11-10-18(34(30,31)28-13-12-15-4-2-3-5-20(15)28)14-19(21)22(29)27-16-6-8-17(9-7-16)33-23(24,25)26/h2-11,14H,12-13H2,1H3,(H,27,29). The van der Waals surface area contributed by atoms with Crippen LogP contribution in [-0.2, 0) is 16.4 Å². The molecule has 1 heterocycles. The molecule has 0 aromatic heterocycles. The Balaban J connectivity index is 1.60. The second-order valence-corrected chi connectivity index (χ2v) is 9.21. The number of carbonyl (C=O) groups excluding carboxylic acids is 1. The van der Waals surface area contributed by atoms with Crippen molar-refractivity contribution in [2.75, 3.05) is 23.3 Å². The van der Waals surface area contributed by atoms with E-state index in [-0.39, 0.29) is 28.4 Å². The van der Waals surface area contributed by atoms with Gasteiger partial charge < -0.3 is 14.8 Å². The summed E-state index contributed by atoms with van der Waals surface area (Å²) in [5.41, 5.74) is 1.64. The lowest BCUT2D eigenvalue weighted by Crippen LogP contribution is -2.29. The van der Waals surface area contributed by atoms with Crippen LogP contribution < -0.4 is 19.1 Å². The maximum Gasteiger partial charge on any atom is 0.573 e. The summed E-state index contributed by atoms with van der Waals surface area (Å²) in [6.07, 6.45) is -4.26. The normalized spacial score (nSPS) is 13.4. The van der Waals surface area contributed by atoms with Crippen molar-refractivity contribution in [3.8, 4) is 11.5 Å². The molecule has 0 saturated heterocycles. The van der Waals surface area contributed by atoms with Crippen LogP contribution in [0.15, 0.2) is 71.6 Å². The molecule has 0 saturated carbocycles. The summed E-state index contributed by atoms with van der Waals surface area (Å²) in [6.45, 7) is 0.279. The average Bonchev–Trinajstić information content (AvgIpc) is 3.24. The van der Waals surface area contributed by atoms with E-state index in [1.54, 1.807) is 12.1 Å². The highest BCUT2D eigenvalue weighted by molar-refractivity contribution is 7.92. The van der Waals surface area contributed by atoms with Crippen molar-refractivity contribution in [2.24, 2.45) is 0 Å². The predicted octanol–water partition coefficient (Wildman–Crippen LogP) is 4.60. The number of rotatable bonds is 6. The van der Waals surface area contributed by atoms with Crippen LogP contribution in [0.5, 0.6) is 11.5 Å². The fourth-order valence-corrected chi connectivity index (χ4v) is 5.18. The summed E-state index contributed by atoms with van der Waals surface area (Å²) in [5.74, 6) is -1.00. The zero-order chi connectivity index (χ0) is 24.5. The molecule has 0 atom stereocenters. The molecule has 0 bridgehead atoms. The molecular formula is C23H19F3N2O5S. The number of halogens is 3. The molecule has 3 aromatic carbocycles. The zero-order valence-corrected chi connectivity index (χ0v) is 18.6. The van der Waals surface area contributed by atoms with Gasteiger partial charge in [0, 0.05) is 12.2 Å². The van der Waals surface area contributed by atoms with Gasteiger partial charge in [-0.1, -0.05) is 18.2 Å². The van der Waals surface area contributed by atoms with Crippen molar-refractivity contribution < 1.29 is 35.9 Å². The number of amides is 1. The number of methoxy groups -OCH3 is 1. The van der Waals surface area contributed by atoms with Gasteiger partial charge in [-0.15, -0.1) is 13.2 Å². The lowest BCUT2D eigenvalue weighted by atomic mass is 10.2. The molecule has 11 heteroatoms. The second kappa shape index (κ2) is 8.90. The van der Waals surface area contributed by atoms with E-state index < -0.39 is 28.0 Å². The Morgan fingerprint density at radius 1 is 1.03 bits per heavy atom. The smallest absolute Gasteiger partial charge is 0.496 e. The number of hydrogen-bond donors (Lipinski definition) is 1. The lowest BCUT2D eigenvalue weighted by molar-refractivity contribution is -0.274. The van der Waals surface area contributed by atoms with E-state index in [1.807, 2.05) is 12.1 Å². The number of nitrogens with zero attached hydrogens (tertiary/aromatic N) is 1. The lowest BCUT2D eigenvalue weighted by Gasteiger charge is -2.20. The fourth-order valence-electron chi connectivity index (χ4n) is 3.65. The van der Waals surface area contributed by atoms with Gasteiger partial charge >= 0.3 is 6.36 Å². The van der Waals surface area contributed by atoms with Crippen LogP contribution in [0.4, 0.5) is 24.5 Å².